The van der Waals surface area contributed by atoms with Crippen molar-refractivity contribution in [2.75, 3.05) is 32.8 Å². The van der Waals surface area contributed by atoms with Crippen LogP contribution in [0.25, 0.3) is 10.4 Å². The molecule has 144 valence electrons. The summed E-state index contributed by atoms with van der Waals surface area (Å²) in [5.74, 6) is 0.676. The number of benzene rings is 1. The number of morpholine rings is 1. The molecule has 1 aromatic heterocycles. The number of carbonyl (C=O) groups excluding carboxylic acids is 1. The number of carbonyl (C=O) groups is 1. The van der Waals surface area contributed by atoms with Gasteiger partial charge in [-0.2, -0.15) is 0 Å². The van der Waals surface area contributed by atoms with Gasteiger partial charge in [0, 0.05) is 31.1 Å². The molecule has 0 saturated carbocycles. The van der Waals surface area contributed by atoms with E-state index in [1.807, 2.05) is 0 Å². The van der Waals surface area contributed by atoms with Gasteiger partial charge in [-0.05, 0) is 41.5 Å². The zero-order chi connectivity index (χ0) is 18.8. The SMILES string of the molecule is CC(C)CN1CCOC(CNC(=O)c2cc3c(s2)-c2ccccc2CC3)C1. The van der Waals surface area contributed by atoms with Crippen LogP contribution in [0.3, 0.4) is 0 Å². The second-order valence-electron chi connectivity index (χ2n) is 7.98. The number of hydrogen-bond donors (Lipinski definition) is 1. The zero-order valence-corrected chi connectivity index (χ0v) is 17.0. The van der Waals surface area contributed by atoms with Gasteiger partial charge in [0.25, 0.3) is 5.91 Å². The monoisotopic (exact) mass is 384 g/mol. The van der Waals surface area contributed by atoms with Crippen molar-refractivity contribution < 1.29 is 9.53 Å². The number of rotatable bonds is 5. The molecule has 1 atom stereocenters. The molecule has 27 heavy (non-hydrogen) atoms. The molecule has 0 bridgehead atoms. The van der Waals surface area contributed by atoms with Gasteiger partial charge >= 0.3 is 0 Å². The molecule has 1 amide bonds. The summed E-state index contributed by atoms with van der Waals surface area (Å²) in [4.78, 5) is 17.2. The van der Waals surface area contributed by atoms with Gasteiger partial charge < -0.3 is 10.1 Å². The third-order valence-electron chi connectivity index (χ3n) is 5.29. The Bertz CT molecular complexity index is 814. The Labute approximate surface area is 165 Å². The maximum atomic E-state index is 12.7. The first-order chi connectivity index (χ1) is 13.1. The quantitative estimate of drug-likeness (QED) is 0.856. The van der Waals surface area contributed by atoms with Crippen LogP contribution in [0.1, 0.15) is 34.6 Å². The van der Waals surface area contributed by atoms with E-state index < -0.39 is 0 Å². The summed E-state index contributed by atoms with van der Waals surface area (Å²) in [5, 5.41) is 3.10. The smallest absolute Gasteiger partial charge is 0.261 e. The number of thiophene rings is 1. The van der Waals surface area contributed by atoms with Gasteiger partial charge in [-0.25, -0.2) is 0 Å². The Morgan fingerprint density at radius 1 is 1.30 bits per heavy atom. The van der Waals surface area contributed by atoms with Crippen molar-refractivity contribution >= 4 is 17.2 Å². The number of ether oxygens (including phenoxy) is 1. The molecule has 2 heterocycles. The summed E-state index contributed by atoms with van der Waals surface area (Å²) in [7, 11) is 0. The van der Waals surface area contributed by atoms with Crippen LogP contribution >= 0.6 is 11.3 Å². The van der Waals surface area contributed by atoms with Gasteiger partial charge in [-0.15, -0.1) is 11.3 Å². The molecule has 4 nitrogen and oxygen atoms in total. The van der Waals surface area contributed by atoms with E-state index in [4.69, 9.17) is 4.74 Å². The van der Waals surface area contributed by atoms with Crippen molar-refractivity contribution in [1.82, 2.24) is 10.2 Å². The Hall–Kier alpha value is -1.69. The molecule has 1 aliphatic carbocycles. The zero-order valence-electron chi connectivity index (χ0n) is 16.2. The van der Waals surface area contributed by atoms with E-state index in [2.05, 4.69) is 54.4 Å². The highest BCUT2D eigenvalue weighted by molar-refractivity contribution is 7.17. The van der Waals surface area contributed by atoms with Gasteiger partial charge in [0.2, 0.25) is 0 Å². The minimum atomic E-state index is 0.0245. The van der Waals surface area contributed by atoms with Crippen molar-refractivity contribution in [3.8, 4) is 10.4 Å². The summed E-state index contributed by atoms with van der Waals surface area (Å²) in [5.41, 5.74) is 3.99. The minimum Gasteiger partial charge on any atom is -0.374 e. The van der Waals surface area contributed by atoms with E-state index in [-0.39, 0.29) is 12.0 Å². The predicted octanol–water partition coefficient (Wildman–Crippen LogP) is 3.60. The first-order valence-electron chi connectivity index (χ1n) is 9.93. The third kappa shape index (κ3) is 4.26. The van der Waals surface area contributed by atoms with E-state index in [1.54, 1.807) is 11.3 Å². The molecule has 5 heteroatoms. The van der Waals surface area contributed by atoms with Gasteiger partial charge in [0.15, 0.2) is 0 Å². The topological polar surface area (TPSA) is 41.6 Å². The van der Waals surface area contributed by atoms with E-state index in [0.717, 1.165) is 44.0 Å². The molecular weight excluding hydrogens is 356 g/mol. The Morgan fingerprint density at radius 3 is 2.96 bits per heavy atom. The van der Waals surface area contributed by atoms with E-state index in [1.165, 1.54) is 21.6 Å². The molecule has 1 saturated heterocycles. The molecule has 1 aromatic carbocycles. The maximum Gasteiger partial charge on any atom is 0.261 e. The van der Waals surface area contributed by atoms with Gasteiger partial charge in [0.1, 0.15) is 0 Å². The summed E-state index contributed by atoms with van der Waals surface area (Å²) >= 11 is 1.62. The second kappa shape index (κ2) is 8.13. The highest BCUT2D eigenvalue weighted by Gasteiger charge is 2.24. The fourth-order valence-electron chi connectivity index (χ4n) is 4.06. The molecule has 0 spiro atoms. The largest absolute Gasteiger partial charge is 0.374 e. The van der Waals surface area contributed by atoms with E-state index in [9.17, 15) is 4.79 Å². The van der Waals surface area contributed by atoms with Crippen molar-refractivity contribution in [1.29, 1.82) is 0 Å². The summed E-state index contributed by atoms with van der Waals surface area (Å²) < 4.78 is 5.85. The van der Waals surface area contributed by atoms with Crippen LogP contribution in [0, 0.1) is 5.92 Å². The van der Waals surface area contributed by atoms with Crippen LogP contribution in [0.4, 0.5) is 0 Å². The van der Waals surface area contributed by atoms with Gasteiger partial charge in [0.05, 0.1) is 17.6 Å². The Balaban J connectivity index is 1.38. The molecule has 1 unspecified atom stereocenters. The number of hydrogen-bond acceptors (Lipinski definition) is 4. The lowest BCUT2D eigenvalue weighted by atomic mass is 9.91. The van der Waals surface area contributed by atoms with Crippen molar-refractivity contribution in [3.05, 3.63) is 46.3 Å². The first kappa shape index (κ1) is 18.7. The van der Waals surface area contributed by atoms with Crippen molar-refractivity contribution in [3.63, 3.8) is 0 Å². The molecular formula is C22H28N2O2S. The third-order valence-corrected chi connectivity index (χ3v) is 6.50. The number of aryl methyl sites for hydroxylation is 2. The van der Waals surface area contributed by atoms with Crippen LogP contribution in [0.5, 0.6) is 0 Å². The van der Waals surface area contributed by atoms with Gasteiger partial charge in [-0.3, -0.25) is 9.69 Å². The standard InChI is InChI=1S/C22H28N2O2S/c1-15(2)13-24-9-10-26-18(14-24)12-23-22(25)20-11-17-8-7-16-5-3-4-6-19(16)21(17)27-20/h3-6,11,15,18H,7-10,12-14H2,1-2H3,(H,23,25). The average molecular weight is 385 g/mol. The van der Waals surface area contributed by atoms with Crippen LogP contribution in [-0.2, 0) is 17.6 Å². The van der Waals surface area contributed by atoms with Crippen LogP contribution < -0.4 is 5.32 Å². The molecule has 1 fully saturated rings. The fourth-order valence-corrected chi connectivity index (χ4v) is 5.25. The molecule has 0 radical (unpaired) electrons. The van der Waals surface area contributed by atoms with Crippen LogP contribution in [-0.4, -0.2) is 49.7 Å². The van der Waals surface area contributed by atoms with Crippen LogP contribution in [0.2, 0.25) is 0 Å². The van der Waals surface area contributed by atoms with E-state index in [0.29, 0.717) is 12.5 Å². The molecule has 2 aromatic rings. The first-order valence-corrected chi connectivity index (χ1v) is 10.7. The van der Waals surface area contributed by atoms with Gasteiger partial charge in [-0.1, -0.05) is 38.1 Å². The van der Waals surface area contributed by atoms with Crippen LogP contribution in [0.15, 0.2) is 30.3 Å². The summed E-state index contributed by atoms with van der Waals surface area (Å²) in [6, 6.07) is 10.6. The Kier molecular flexibility index (Phi) is 5.62. The number of fused-ring (bicyclic) bond motifs is 3. The minimum absolute atomic E-state index is 0.0245. The summed E-state index contributed by atoms with van der Waals surface area (Å²) in [6.07, 6.45) is 2.16. The second-order valence-corrected chi connectivity index (χ2v) is 9.03. The number of nitrogens with one attached hydrogen (secondary N) is 1. The molecule has 1 N–H and O–H groups in total. The Morgan fingerprint density at radius 2 is 2.11 bits per heavy atom. The average Bonchev–Trinajstić information content (AvgIpc) is 3.11. The molecule has 2 aliphatic rings. The normalized spacial score (nSPS) is 19.6. The summed E-state index contributed by atoms with van der Waals surface area (Å²) in [6.45, 7) is 8.77. The van der Waals surface area contributed by atoms with Crippen molar-refractivity contribution in [2.45, 2.75) is 32.8 Å². The number of nitrogens with zero attached hydrogens (tertiary/aromatic N) is 1. The fraction of sp³-hybridized carbons (Fsp3) is 0.500. The molecule has 1 aliphatic heterocycles. The van der Waals surface area contributed by atoms with Crippen molar-refractivity contribution in [2.24, 2.45) is 5.92 Å². The lowest BCUT2D eigenvalue weighted by Crippen LogP contribution is -2.48. The van der Waals surface area contributed by atoms with E-state index >= 15 is 0 Å². The molecule has 4 rings (SSSR count). The maximum absolute atomic E-state index is 12.7. The lowest BCUT2D eigenvalue weighted by Gasteiger charge is -2.33. The lowest BCUT2D eigenvalue weighted by molar-refractivity contribution is -0.0295. The highest BCUT2D eigenvalue weighted by atomic mass is 32.1. The number of amides is 1. The predicted molar refractivity (Wildman–Crippen MR) is 111 cm³/mol. The highest BCUT2D eigenvalue weighted by Crippen LogP contribution is 2.39.